The summed E-state index contributed by atoms with van der Waals surface area (Å²) in [6.45, 7) is 15.1. The number of hydrogen-bond acceptors (Lipinski definition) is 4. The third-order valence-electron chi connectivity index (χ3n) is 3.87. The first-order valence-electron chi connectivity index (χ1n) is 8.37. The molecule has 0 amide bonds. The van der Waals surface area contributed by atoms with Gasteiger partial charge in [-0.1, -0.05) is 38.0 Å². The van der Waals surface area contributed by atoms with Crippen LogP contribution in [0, 0.1) is 11.3 Å². The zero-order chi connectivity index (χ0) is 19.8. The molecule has 0 unspecified atom stereocenters. The van der Waals surface area contributed by atoms with Crippen molar-refractivity contribution in [2.75, 3.05) is 0 Å². The third-order valence-corrected chi connectivity index (χ3v) is 3.87. The molecule has 0 aliphatic heterocycles. The Balaban J connectivity index is 2.64. The molecule has 4 heteroatoms. The van der Waals surface area contributed by atoms with Gasteiger partial charge in [-0.15, -0.1) is 0 Å². The van der Waals surface area contributed by atoms with Gasteiger partial charge in [-0.2, -0.15) is 5.26 Å². The lowest BCUT2D eigenvalue weighted by atomic mass is 10.0. The van der Waals surface area contributed by atoms with Crippen LogP contribution in [-0.2, 0) is 0 Å². The average Bonchev–Trinajstić information content (AvgIpc) is 3.13. The Morgan fingerprint density at radius 2 is 2.04 bits per heavy atom. The summed E-state index contributed by atoms with van der Waals surface area (Å²) in [5.74, 6) is 0.558. The van der Waals surface area contributed by atoms with Crippen LogP contribution in [0.4, 0.5) is 0 Å². The normalized spacial score (nSPS) is 13.4. The Morgan fingerprint density at radius 3 is 2.63 bits per heavy atom. The summed E-state index contributed by atoms with van der Waals surface area (Å²) in [4.78, 5) is 8.78. The van der Waals surface area contributed by atoms with Crippen LogP contribution in [0.2, 0.25) is 0 Å². The molecule has 2 rings (SSSR count). The number of allylic oxidation sites excluding steroid dienone is 8. The molecule has 2 heterocycles. The lowest BCUT2D eigenvalue weighted by molar-refractivity contribution is 0.604. The maximum atomic E-state index is 9.19. The summed E-state index contributed by atoms with van der Waals surface area (Å²) in [6, 6.07) is 5.79. The highest BCUT2D eigenvalue weighted by Crippen LogP contribution is 2.28. The van der Waals surface area contributed by atoms with Crippen molar-refractivity contribution < 1.29 is 4.42 Å². The van der Waals surface area contributed by atoms with Crippen molar-refractivity contribution in [3.05, 3.63) is 97.1 Å². The number of nitriles is 1. The number of aromatic nitrogens is 1. The molecular formula is C23H21N3O. The number of hydrogen-bond donors (Lipinski definition) is 0. The molecule has 4 nitrogen and oxygen atoms in total. The van der Waals surface area contributed by atoms with E-state index in [2.05, 4.69) is 35.8 Å². The van der Waals surface area contributed by atoms with E-state index < -0.39 is 0 Å². The van der Waals surface area contributed by atoms with Crippen LogP contribution in [0.1, 0.15) is 25.2 Å². The van der Waals surface area contributed by atoms with E-state index in [9.17, 15) is 5.26 Å². The largest absolute Gasteiger partial charge is 0.452 e. The minimum Gasteiger partial charge on any atom is -0.452 e. The molecule has 0 aromatic carbocycles. The van der Waals surface area contributed by atoms with Crippen molar-refractivity contribution in [1.82, 2.24) is 4.98 Å². The first-order valence-corrected chi connectivity index (χ1v) is 8.37. The minimum atomic E-state index is 0.542. The highest BCUT2D eigenvalue weighted by atomic mass is 16.3. The zero-order valence-electron chi connectivity index (χ0n) is 15.6. The molecule has 0 saturated heterocycles. The molecule has 0 N–H and O–H groups in total. The van der Waals surface area contributed by atoms with Gasteiger partial charge in [0.2, 0.25) is 0 Å². The molecule has 2 aromatic rings. The second kappa shape index (κ2) is 9.12. The molecule has 0 saturated carbocycles. The molecule has 0 fully saturated rings. The fraction of sp³-hybridized carbons (Fsp3) is 0.0870. The first-order chi connectivity index (χ1) is 13.1. The van der Waals surface area contributed by atoms with Gasteiger partial charge in [-0.25, -0.2) is 0 Å². The van der Waals surface area contributed by atoms with E-state index in [-0.39, 0.29) is 0 Å². The van der Waals surface area contributed by atoms with Gasteiger partial charge in [0.15, 0.2) is 11.3 Å². The fourth-order valence-electron chi connectivity index (χ4n) is 2.33. The number of fused-ring (bicyclic) bond motifs is 1. The van der Waals surface area contributed by atoms with Gasteiger partial charge in [-0.05, 0) is 43.2 Å². The number of aliphatic imine (C=N–C) groups is 1. The summed E-state index contributed by atoms with van der Waals surface area (Å²) in [7, 11) is 0. The van der Waals surface area contributed by atoms with Gasteiger partial charge in [0.1, 0.15) is 11.2 Å². The molecule has 0 spiro atoms. The van der Waals surface area contributed by atoms with Crippen LogP contribution in [-0.4, -0.2) is 10.7 Å². The van der Waals surface area contributed by atoms with E-state index in [1.54, 1.807) is 42.8 Å². The zero-order valence-corrected chi connectivity index (χ0v) is 15.6. The number of nitrogens with zero attached hydrogens (tertiary/aromatic N) is 3. The number of furan rings is 1. The number of rotatable bonds is 7. The van der Waals surface area contributed by atoms with Gasteiger partial charge in [-0.3, -0.25) is 9.98 Å². The second-order valence-corrected chi connectivity index (χ2v) is 5.64. The smallest absolute Gasteiger partial charge is 0.161 e. The van der Waals surface area contributed by atoms with E-state index in [0.717, 1.165) is 16.7 Å². The topological polar surface area (TPSA) is 62.2 Å². The molecule has 0 aliphatic carbocycles. The molecule has 0 radical (unpaired) electrons. The van der Waals surface area contributed by atoms with Crippen molar-refractivity contribution in [3.63, 3.8) is 0 Å². The summed E-state index contributed by atoms with van der Waals surface area (Å²) < 4.78 is 6.04. The van der Waals surface area contributed by atoms with Crippen LogP contribution in [0.15, 0.2) is 95.2 Å². The van der Waals surface area contributed by atoms with E-state index in [4.69, 9.17) is 4.42 Å². The van der Waals surface area contributed by atoms with Crippen molar-refractivity contribution in [3.8, 4) is 6.07 Å². The van der Waals surface area contributed by atoms with Crippen molar-refractivity contribution in [2.45, 2.75) is 13.8 Å². The Bertz CT molecular complexity index is 1050. The monoisotopic (exact) mass is 355 g/mol. The summed E-state index contributed by atoms with van der Waals surface area (Å²) in [5, 5.41) is 9.19. The summed E-state index contributed by atoms with van der Waals surface area (Å²) in [5.41, 5.74) is 4.93. The second-order valence-electron chi connectivity index (χ2n) is 5.64. The quantitative estimate of drug-likeness (QED) is 0.351. The Kier molecular flexibility index (Phi) is 6.62. The van der Waals surface area contributed by atoms with Gasteiger partial charge in [0.25, 0.3) is 0 Å². The lowest BCUT2D eigenvalue weighted by Crippen LogP contribution is -1.92. The first kappa shape index (κ1) is 19.6. The summed E-state index contributed by atoms with van der Waals surface area (Å²) in [6.07, 6.45) is 11.9. The van der Waals surface area contributed by atoms with Gasteiger partial charge < -0.3 is 4.42 Å². The Labute approximate surface area is 159 Å². The predicted octanol–water partition coefficient (Wildman–Crippen LogP) is 5.93. The van der Waals surface area contributed by atoms with Gasteiger partial charge >= 0.3 is 0 Å². The van der Waals surface area contributed by atoms with Crippen LogP contribution in [0.5, 0.6) is 0 Å². The number of pyridine rings is 1. The van der Waals surface area contributed by atoms with E-state index in [1.807, 2.05) is 26.0 Å². The van der Waals surface area contributed by atoms with Crippen molar-refractivity contribution >= 4 is 22.4 Å². The minimum absolute atomic E-state index is 0.542. The average molecular weight is 355 g/mol. The molecule has 2 aromatic heterocycles. The van der Waals surface area contributed by atoms with Crippen LogP contribution >= 0.6 is 0 Å². The van der Waals surface area contributed by atoms with Crippen molar-refractivity contribution in [1.29, 1.82) is 5.26 Å². The highest BCUT2D eigenvalue weighted by molar-refractivity contribution is 6.09. The van der Waals surface area contributed by atoms with E-state index in [1.165, 1.54) is 0 Å². The SMILES string of the molecule is C=CC(=N/C=C(/C)C=C)c1cc2nccc(/C(C=C)=C/C(C#N)=C\C)c2o1. The standard InChI is InChI=1S/C23H21N3O/c1-6-16(5)15-26-20(9-4)22-13-21-23(27-22)19(10-11-25-21)18(8-3)12-17(7-2)14-24/h6-13,15H,1,3-4H2,2,5H3/b16-15-,17-7+,18-12+,26-20?. The van der Waals surface area contributed by atoms with Gasteiger partial charge in [0.05, 0.1) is 6.07 Å². The third kappa shape index (κ3) is 4.47. The molecule has 134 valence electrons. The highest BCUT2D eigenvalue weighted by Gasteiger charge is 2.14. The molecule has 0 atom stereocenters. The molecule has 27 heavy (non-hydrogen) atoms. The van der Waals surface area contributed by atoms with Crippen LogP contribution in [0.25, 0.3) is 16.7 Å². The van der Waals surface area contributed by atoms with E-state index in [0.29, 0.717) is 28.1 Å². The maximum absolute atomic E-state index is 9.19. The predicted molar refractivity (Wildman–Crippen MR) is 112 cm³/mol. The molecular weight excluding hydrogens is 334 g/mol. The van der Waals surface area contributed by atoms with Crippen LogP contribution in [0.3, 0.4) is 0 Å². The molecule has 0 aliphatic rings. The van der Waals surface area contributed by atoms with Crippen LogP contribution < -0.4 is 0 Å². The fourth-order valence-corrected chi connectivity index (χ4v) is 2.33. The Hall–Kier alpha value is -3.71. The van der Waals surface area contributed by atoms with E-state index >= 15 is 0 Å². The summed E-state index contributed by atoms with van der Waals surface area (Å²) >= 11 is 0. The lowest BCUT2D eigenvalue weighted by Gasteiger charge is -2.03. The maximum Gasteiger partial charge on any atom is 0.161 e. The van der Waals surface area contributed by atoms with Crippen molar-refractivity contribution in [2.24, 2.45) is 4.99 Å². The molecule has 0 bridgehead atoms. The Morgan fingerprint density at radius 1 is 1.26 bits per heavy atom. The van der Waals surface area contributed by atoms with Gasteiger partial charge in [0, 0.05) is 29.6 Å².